The standard InChI is InChI=1S/C27H33F5N6O4/c1-42-15-19(35-22(39)6-11-27(30,31)32)17-7-12-33-21(14-17)36-25(41)23(16-4-9-26(28,29)10-5-16)37-24(40)20-8-13-34-38(20)18-2-3-18/h7-8,12-14,16,18-19,23H,2-6,9-11,15H2,1H3,(H,35,39)(H,37,40)(H,33,36,41)/t19?,23-/m0/s1. The highest BCUT2D eigenvalue weighted by atomic mass is 19.4. The highest BCUT2D eigenvalue weighted by Gasteiger charge is 2.41. The van der Waals surface area contributed by atoms with Gasteiger partial charge in [-0.2, -0.15) is 18.3 Å². The fourth-order valence-electron chi connectivity index (χ4n) is 4.96. The Morgan fingerprint density at radius 1 is 1.10 bits per heavy atom. The van der Waals surface area contributed by atoms with Gasteiger partial charge in [-0.25, -0.2) is 13.8 Å². The van der Waals surface area contributed by atoms with Crippen LogP contribution in [0.1, 0.15) is 79.5 Å². The molecule has 4 rings (SSSR count). The number of aromatic nitrogens is 3. The maximum absolute atomic E-state index is 13.9. The average Bonchev–Trinajstić information content (AvgIpc) is 3.65. The number of alkyl halides is 5. The van der Waals surface area contributed by atoms with Crippen LogP contribution in [0.25, 0.3) is 0 Å². The lowest BCUT2D eigenvalue weighted by molar-refractivity contribution is -0.144. The van der Waals surface area contributed by atoms with E-state index in [0.717, 1.165) is 12.8 Å². The molecule has 0 aliphatic heterocycles. The molecular formula is C27H33F5N6O4. The molecule has 2 atom stereocenters. The molecule has 2 aliphatic carbocycles. The summed E-state index contributed by atoms with van der Waals surface area (Å²) in [4.78, 5) is 42.9. The molecule has 42 heavy (non-hydrogen) atoms. The van der Waals surface area contributed by atoms with Gasteiger partial charge in [0.2, 0.25) is 17.7 Å². The lowest BCUT2D eigenvalue weighted by Crippen LogP contribution is -2.50. The second kappa shape index (κ2) is 13.1. The Morgan fingerprint density at radius 3 is 2.45 bits per heavy atom. The Hall–Kier alpha value is -3.62. The van der Waals surface area contributed by atoms with Gasteiger partial charge in [0.15, 0.2) is 0 Å². The van der Waals surface area contributed by atoms with Gasteiger partial charge < -0.3 is 20.7 Å². The van der Waals surface area contributed by atoms with Crippen molar-refractivity contribution >= 4 is 23.5 Å². The van der Waals surface area contributed by atoms with Crippen molar-refractivity contribution in [3.05, 3.63) is 41.9 Å². The Kier molecular flexibility index (Phi) is 9.79. The van der Waals surface area contributed by atoms with E-state index in [4.69, 9.17) is 4.74 Å². The highest BCUT2D eigenvalue weighted by Crippen LogP contribution is 2.38. The van der Waals surface area contributed by atoms with Gasteiger partial charge >= 0.3 is 6.18 Å². The number of pyridine rings is 1. The van der Waals surface area contributed by atoms with Crippen molar-refractivity contribution in [1.29, 1.82) is 0 Å². The number of halogens is 5. The second-order valence-electron chi connectivity index (χ2n) is 10.7. The number of carbonyl (C=O) groups excluding carboxylic acids is 3. The molecule has 0 saturated heterocycles. The molecule has 1 unspecified atom stereocenters. The third-order valence-electron chi connectivity index (χ3n) is 7.34. The van der Waals surface area contributed by atoms with Crippen molar-refractivity contribution in [2.75, 3.05) is 19.0 Å². The number of ether oxygens (including phenoxy) is 1. The molecule has 2 aromatic heterocycles. The van der Waals surface area contributed by atoms with E-state index in [9.17, 15) is 36.3 Å². The van der Waals surface area contributed by atoms with E-state index in [1.54, 1.807) is 4.68 Å². The monoisotopic (exact) mass is 600 g/mol. The first kappa shape index (κ1) is 31.3. The van der Waals surface area contributed by atoms with E-state index in [2.05, 4.69) is 26.0 Å². The zero-order valence-electron chi connectivity index (χ0n) is 22.9. The number of nitrogens with one attached hydrogen (secondary N) is 3. The van der Waals surface area contributed by atoms with Gasteiger partial charge in [0.25, 0.3) is 5.91 Å². The first-order valence-electron chi connectivity index (χ1n) is 13.7. The number of nitrogens with zero attached hydrogens (tertiary/aromatic N) is 3. The number of methoxy groups -OCH3 is 1. The van der Waals surface area contributed by atoms with Gasteiger partial charge in [0.1, 0.15) is 17.6 Å². The first-order valence-corrected chi connectivity index (χ1v) is 13.7. The van der Waals surface area contributed by atoms with Gasteiger partial charge in [-0.1, -0.05) is 0 Å². The second-order valence-corrected chi connectivity index (χ2v) is 10.7. The molecule has 0 bridgehead atoms. The van der Waals surface area contributed by atoms with Crippen LogP contribution < -0.4 is 16.0 Å². The molecule has 2 saturated carbocycles. The molecule has 2 aliphatic rings. The van der Waals surface area contributed by atoms with E-state index in [0.29, 0.717) is 5.56 Å². The minimum absolute atomic E-state index is 0.0145. The van der Waals surface area contributed by atoms with Crippen LogP contribution >= 0.6 is 0 Å². The summed E-state index contributed by atoms with van der Waals surface area (Å²) in [6.07, 6.45) is -2.78. The zero-order valence-corrected chi connectivity index (χ0v) is 22.9. The van der Waals surface area contributed by atoms with Gasteiger partial charge in [0, 0.05) is 38.8 Å². The smallest absolute Gasteiger partial charge is 0.382 e. The lowest BCUT2D eigenvalue weighted by Gasteiger charge is -2.33. The topological polar surface area (TPSA) is 127 Å². The Balaban J connectivity index is 1.49. The molecular weight excluding hydrogens is 567 g/mol. The molecule has 2 aromatic rings. The fraction of sp³-hybridized carbons (Fsp3) is 0.593. The summed E-state index contributed by atoms with van der Waals surface area (Å²) < 4.78 is 72.1. The molecule has 2 heterocycles. The largest absolute Gasteiger partial charge is 0.389 e. The van der Waals surface area contributed by atoms with Crippen LogP contribution in [0.2, 0.25) is 0 Å². The van der Waals surface area contributed by atoms with Crippen LogP contribution in [0.5, 0.6) is 0 Å². The van der Waals surface area contributed by atoms with Crippen LogP contribution in [0.15, 0.2) is 30.6 Å². The van der Waals surface area contributed by atoms with Crippen molar-refractivity contribution in [2.45, 2.75) is 81.6 Å². The zero-order chi connectivity index (χ0) is 30.5. The predicted molar refractivity (Wildman–Crippen MR) is 140 cm³/mol. The summed E-state index contributed by atoms with van der Waals surface area (Å²) in [7, 11) is 1.36. The van der Waals surface area contributed by atoms with Gasteiger partial charge in [-0.15, -0.1) is 0 Å². The summed E-state index contributed by atoms with van der Waals surface area (Å²) in [5.74, 6) is -5.43. The summed E-state index contributed by atoms with van der Waals surface area (Å²) in [6.45, 7) is -0.0706. The molecule has 3 amide bonds. The van der Waals surface area contributed by atoms with Crippen LogP contribution in [-0.4, -0.2) is 64.3 Å². The number of rotatable bonds is 12. The summed E-state index contributed by atoms with van der Waals surface area (Å²) in [5.41, 5.74) is 0.661. The first-order chi connectivity index (χ1) is 19.8. The van der Waals surface area contributed by atoms with Crippen LogP contribution in [0.3, 0.4) is 0 Å². The Labute approximate surface area is 238 Å². The summed E-state index contributed by atoms with van der Waals surface area (Å²) >= 11 is 0. The summed E-state index contributed by atoms with van der Waals surface area (Å²) in [5, 5.41) is 12.0. The lowest BCUT2D eigenvalue weighted by atomic mass is 9.81. The predicted octanol–water partition coefficient (Wildman–Crippen LogP) is 4.32. The quantitative estimate of drug-likeness (QED) is 0.312. The molecule has 2 fully saturated rings. The van der Waals surface area contributed by atoms with Crippen molar-refractivity contribution in [3.8, 4) is 0 Å². The fourth-order valence-corrected chi connectivity index (χ4v) is 4.96. The van der Waals surface area contributed by atoms with Gasteiger partial charge in [-0.3, -0.25) is 19.1 Å². The minimum atomic E-state index is -4.49. The van der Waals surface area contributed by atoms with Crippen molar-refractivity contribution < 1.29 is 41.1 Å². The maximum atomic E-state index is 13.9. The van der Waals surface area contributed by atoms with E-state index >= 15 is 0 Å². The molecule has 3 N–H and O–H groups in total. The number of carbonyl (C=O) groups is 3. The van der Waals surface area contributed by atoms with Crippen molar-refractivity contribution in [2.24, 2.45) is 5.92 Å². The average molecular weight is 601 g/mol. The molecule has 230 valence electrons. The Bertz CT molecular complexity index is 1260. The molecule has 0 spiro atoms. The van der Waals surface area contributed by atoms with Gasteiger partial charge in [0.05, 0.1) is 25.1 Å². The molecule has 0 aromatic carbocycles. The molecule has 0 radical (unpaired) electrons. The third kappa shape index (κ3) is 8.69. The SMILES string of the molecule is COCC(NC(=O)CCC(F)(F)F)c1ccnc(NC(=O)[C@@H](NC(=O)c2ccnn2C2CC2)C2CCC(F)(F)CC2)c1. The van der Waals surface area contributed by atoms with Crippen molar-refractivity contribution in [1.82, 2.24) is 25.4 Å². The maximum Gasteiger partial charge on any atom is 0.389 e. The van der Waals surface area contributed by atoms with Crippen LogP contribution in [0.4, 0.5) is 27.8 Å². The van der Waals surface area contributed by atoms with Crippen molar-refractivity contribution in [3.63, 3.8) is 0 Å². The molecule has 10 nitrogen and oxygen atoms in total. The van der Waals surface area contributed by atoms with Crippen LogP contribution in [0, 0.1) is 5.92 Å². The van der Waals surface area contributed by atoms with E-state index in [-0.39, 0.29) is 37.0 Å². The Morgan fingerprint density at radius 2 is 1.81 bits per heavy atom. The van der Waals surface area contributed by atoms with E-state index in [1.165, 1.54) is 37.7 Å². The van der Waals surface area contributed by atoms with Gasteiger partial charge in [-0.05, 0) is 55.4 Å². The highest BCUT2D eigenvalue weighted by molar-refractivity contribution is 6.00. The molecule has 15 heteroatoms. The summed E-state index contributed by atoms with van der Waals surface area (Å²) in [6, 6.07) is 2.56. The van der Waals surface area contributed by atoms with Crippen LogP contribution in [-0.2, 0) is 14.3 Å². The number of hydrogen-bond acceptors (Lipinski definition) is 6. The van der Waals surface area contributed by atoms with E-state index < -0.39 is 73.5 Å². The third-order valence-corrected chi connectivity index (χ3v) is 7.34. The number of anilines is 1. The minimum Gasteiger partial charge on any atom is -0.382 e. The number of hydrogen-bond donors (Lipinski definition) is 3. The van der Waals surface area contributed by atoms with E-state index in [1.807, 2.05) is 0 Å². The number of amides is 3. The normalized spacial score (nSPS) is 18.6.